The second-order valence-corrected chi connectivity index (χ2v) is 6.32. The minimum absolute atomic E-state index is 0.263. The molecule has 0 bridgehead atoms. The van der Waals surface area contributed by atoms with Gasteiger partial charge in [-0.25, -0.2) is 0 Å². The van der Waals surface area contributed by atoms with Crippen molar-refractivity contribution in [1.29, 1.82) is 0 Å². The summed E-state index contributed by atoms with van der Waals surface area (Å²) in [5.74, 6) is 1.04. The maximum absolute atomic E-state index is 12.2. The summed E-state index contributed by atoms with van der Waals surface area (Å²) in [6, 6.07) is 8.18. The lowest BCUT2D eigenvalue weighted by Gasteiger charge is -2.23. The largest absolute Gasteiger partial charge is 0.341 e. The SMILES string of the molecule is CN(Cc1cccc(CN)c1)C(=O)CCC1CCCCC1. The van der Waals surface area contributed by atoms with Crippen molar-refractivity contribution in [3.8, 4) is 0 Å². The molecule has 2 rings (SSSR count). The third-order valence-electron chi connectivity index (χ3n) is 4.56. The average molecular weight is 288 g/mol. The Labute approximate surface area is 128 Å². The topological polar surface area (TPSA) is 46.3 Å². The Morgan fingerprint density at radius 1 is 1.24 bits per heavy atom. The molecule has 1 fully saturated rings. The highest BCUT2D eigenvalue weighted by Gasteiger charge is 2.16. The summed E-state index contributed by atoms with van der Waals surface area (Å²) < 4.78 is 0. The Hall–Kier alpha value is -1.35. The minimum atomic E-state index is 0.263. The van der Waals surface area contributed by atoms with Crippen LogP contribution in [0.25, 0.3) is 0 Å². The van der Waals surface area contributed by atoms with Gasteiger partial charge in [-0.2, -0.15) is 0 Å². The molecule has 1 amide bonds. The second kappa shape index (κ2) is 8.18. The molecule has 0 radical (unpaired) electrons. The van der Waals surface area contributed by atoms with E-state index in [1.807, 2.05) is 24.1 Å². The zero-order chi connectivity index (χ0) is 15.1. The molecule has 2 N–H and O–H groups in total. The maximum Gasteiger partial charge on any atom is 0.222 e. The van der Waals surface area contributed by atoms with Crippen LogP contribution in [-0.2, 0) is 17.9 Å². The van der Waals surface area contributed by atoms with Crippen molar-refractivity contribution in [3.05, 3.63) is 35.4 Å². The fourth-order valence-electron chi connectivity index (χ4n) is 3.21. The van der Waals surface area contributed by atoms with Gasteiger partial charge in [-0.3, -0.25) is 4.79 Å². The quantitative estimate of drug-likeness (QED) is 0.871. The molecule has 1 aliphatic rings. The Kier molecular flexibility index (Phi) is 6.24. The zero-order valence-corrected chi connectivity index (χ0v) is 13.2. The van der Waals surface area contributed by atoms with Gasteiger partial charge in [-0.05, 0) is 23.5 Å². The van der Waals surface area contributed by atoms with Gasteiger partial charge in [0.2, 0.25) is 5.91 Å². The van der Waals surface area contributed by atoms with Gasteiger partial charge >= 0.3 is 0 Å². The van der Waals surface area contributed by atoms with E-state index in [0.717, 1.165) is 23.5 Å². The molecular weight excluding hydrogens is 260 g/mol. The fraction of sp³-hybridized carbons (Fsp3) is 0.611. The van der Waals surface area contributed by atoms with Crippen LogP contribution in [0.4, 0.5) is 0 Å². The molecule has 0 heterocycles. The molecule has 0 saturated heterocycles. The van der Waals surface area contributed by atoms with Crippen LogP contribution in [0.5, 0.6) is 0 Å². The van der Waals surface area contributed by atoms with E-state index in [9.17, 15) is 4.79 Å². The predicted molar refractivity (Wildman–Crippen MR) is 86.6 cm³/mol. The van der Waals surface area contributed by atoms with E-state index < -0.39 is 0 Å². The van der Waals surface area contributed by atoms with Crippen molar-refractivity contribution in [2.75, 3.05) is 7.05 Å². The fourth-order valence-corrected chi connectivity index (χ4v) is 3.21. The maximum atomic E-state index is 12.2. The molecule has 0 aromatic heterocycles. The summed E-state index contributed by atoms with van der Waals surface area (Å²) in [7, 11) is 1.90. The molecule has 116 valence electrons. The van der Waals surface area contributed by atoms with Crippen molar-refractivity contribution in [2.24, 2.45) is 11.7 Å². The molecule has 0 aliphatic heterocycles. The van der Waals surface area contributed by atoms with Gasteiger partial charge < -0.3 is 10.6 Å². The molecule has 0 spiro atoms. The number of carbonyl (C=O) groups is 1. The van der Waals surface area contributed by atoms with Crippen LogP contribution < -0.4 is 5.73 Å². The average Bonchev–Trinajstić information content (AvgIpc) is 2.53. The van der Waals surface area contributed by atoms with E-state index >= 15 is 0 Å². The molecule has 1 aliphatic carbocycles. The Balaban J connectivity index is 1.78. The van der Waals surface area contributed by atoms with Gasteiger partial charge in [0.1, 0.15) is 0 Å². The molecule has 1 aromatic rings. The Morgan fingerprint density at radius 3 is 2.67 bits per heavy atom. The monoisotopic (exact) mass is 288 g/mol. The molecule has 3 heteroatoms. The lowest BCUT2D eigenvalue weighted by Crippen LogP contribution is -2.26. The molecule has 0 unspecified atom stereocenters. The van der Waals surface area contributed by atoms with Crippen molar-refractivity contribution < 1.29 is 4.79 Å². The van der Waals surface area contributed by atoms with Crippen molar-refractivity contribution in [1.82, 2.24) is 4.90 Å². The first-order valence-corrected chi connectivity index (χ1v) is 8.21. The zero-order valence-electron chi connectivity index (χ0n) is 13.2. The highest BCUT2D eigenvalue weighted by molar-refractivity contribution is 5.75. The number of carbonyl (C=O) groups excluding carboxylic acids is 1. The van der Waals surface area contributed by atoms with E-state index in [-0.39, 0.29) is 5.91 Å². The van der Waals surface area contributed by atoms with E-state index in [4.69, 9.17) is 5.73 Å². The molecule has 1 saturated carbocycles. The first-order valence-electron chi connectivity index (χ1n) is 8.21. The summed E-state index contributed by atoms with van der Waals surface area (Å²) >= 11 is 0. The van der Waals surface area contributed by atoms with Crippen LogP contribution in [0.1, 0.15) is 56.1 Å². The third kappa shape index (κ3) is 5.16. The smallest absolute Gasteiger partial charge is 0.222 e. The van der Waals surface area contributed by atoms with Crippen LogP contribution in [0.15, 0.2) is 24.3 Å². The first-order chi connectivity index (χ1) is 10.2. The lowest BCUT2D eigenvalue weighted by molar-refractivity contribution is -0.130. The van der Waals surface area contributed by atoms with Crippen LogP contribution in [0, 0.1) is 5.92 Å². The number of amides is 1. The Bertz CT molecular complexity index is 452. The van der Waals surface area contributed by atoms with Crippen LogP contribution in [-0.4, -0.2) is 17.9 Å². The van der Waals surface area contributed by atoms with Gasteiger partial charge in [-0.1, -0.05) is 56.4 Å². The summed E-state index contributed by atoms with van der Waals surface area (Å²) in [6.07, 6.45) is 8.46. The second-order valence-electron chi connectivity index (χ2n) is 6.32. The van der Waals surface area contributed by atoms with Crippen molar-refractivity contribution in [2.45, 2.75) is 58.0 Å². The number of nitrogens with zero attached hydrogens (tertiary/aromatic N) is 1. The third-order valence-corrected chi connectivity index (χ3v) is 4.56. The summed E-state index contributed by atoms with van der Waals surface area (Å²) in [4.78, 5) is 14.1. The normalized spacial score (nSPS) is 15.9. The molecule has 21 heavy (non-hydrogen) atoms. The number of benzene rings is 1. The number of nitrogens with two attached hydrogens (primary N) is 1. The van der Waals surface area contributed by atoms with Gasteiger partial charge in [0.25, 0.3) is 0 Å². The Morgan fingerprint density at radius 2 is 1.95 bits per heavy atom. The van der Waals surface area contributed by atoms with Crippen LogP contribution in [0.3, 0.4) is 0 Å². The predicted octanol–water partition coefficient (Wildman–Crippen LogP) is 3.46. The summed E-state index contributed by atoms with van der Waals surface area (Å²) in [5, 5.41) is 0. The summed E-state index contributed by atoms with van der Waals surface area (Å²) in [6.45, 7) is 1.23. The molecule has 1 aromatic carbocycles. The standard InChI is InChI=1S/C18H28N2O/c1-20(14-17-9-5-8-16(12-17)13-19)18(21)11-10-15-6-3-2-4-7-15/h5,8-9,12,15H,2-4,6-7,10-11,13-14,19H2,1H3. The van der Waals surface area contributed by atoms with Crippen molar-refractivity contribution >= 4 is 5.91 Å². The highest BCUT2D eigenvalue weighted by atomic mass is 16.2. The van der Waals surface area contributed by atoms with E-state index in [1.54, 1.807) is 0 Å². The number of rotatable bonds is 6. The number of hydrogen-bond donors (Lipinski definition) is 1. The van der Waals surface area contributed by atoms with Crippen molar-refractivity contribution in [3.63, 3.8) is 0 Å². The summed E-state index contributed by atoms with van der Waals surface area (Å²) in [5.41, 5.74) is 7.94. The van der Waals surface area contributed by atoms with Crippen LogP contribution in [0.2, 0.25) is 0 Å². The van der Waals surface area contributed by atoms with Gasteiger partial charge in [0.05, 0.1) is 0 Å². The van der Waals surface area contributed by atoms with Gasteiger partial charge in [0, 0.05) is 26.6 Å². The van der Waals surface area contributed by atoms with Gasteiger partial charge in [0.15, 0.2) is 0 Å². The van der Waals surface area contributed by atoms with E-state index in [1.165, 1.54) is 32.1 Å². The minimum Gasteiger partial charge on any atom is -0.341 e. The molecule has 0 atom stereocenters. The number of hydrogen-bond acceptors (Lipinski definition) is 2. The van der Waals surface area contributed by atoms with E-state index in [2.05, 4.69) is 12.1 Å². The van der Waals surface area contributed by atoms with Crippen LogP contribution >= 0.6 is 0 Å². The molecule has 3 nitrogen and oxygen atoms in total. The molecular formula is C18H28N2O. The lowest BCUT2D eigenvalue weighted by atomic mass is 9.86. The first kappa shape index (κ1) is 16.0. The van der Waals surface area contributed by atoms with Gasteiger partial charge in [-0.15, -0.1) is 0 Å². The highest BCUT2D eigenvalue weighted by Crippen LogP contribution is 2.27. The van der Waals surface area contributed by atoms with E-state index in [0.29, 0.717) is 19.5 Å².